The standard InChI is InChI=1S/C24H25ClN2O3/c1-14-12-18-19(13-15(14)2)30-23-20(22(18)28)21(16-6-8-17(25)9-7-16)27(24(23)29)11-5-10-26(3)4/h6-9,12-13,21H,5,10-11H2,1-4H3. The lowest BCUT2D eigenvalue weighted by molar-refractivity contribution is 0.0722. The Bertz CT molecular complexity index is 1180. The van der Waals surface area contributed by atoms with Crippen molar-refractivity contribution in [3.05, 3.63) is 79.7 Å². The molecular formula is C24H25ClN2O3. The minimum Gasteiger partial charge on any atom is -0.450 e. The summed E-state index contributed by atoms with van der Waals surface area (Å²) in [6.07, 6.45) is 0.794. The molecule has 2 aromatic carbocycles. The third-order valence-corrected chi connectivity index (χ3v) is 6.02. The van der Waals surface area contributed by atoms with Gasteiger partial charge in [-0.2, -0.15) is 0 Å². The number of nitrogens with zero attached hydrogens (tertiary/aromatic N) is 2. The summed E-state index contributed by atoms with van der Waals surface area (Å²) in [6.45, 7) is 5.31. The molecule has 0 fully saturated rings. The largest absolute Gasteiger partial charge is 0.450 e. The van der Waals surface area contributed by atoms with Gasteiger partial charge in [-0.05, 0) is 81.9 Å². The molecule has 0 aliphatic carbocycles. The molecule has 1 unspecified atom stereocenters. The van der Waals surface area contributed by atoms with Gasteiger partial charge in [0.25, 0.3) is 5.91 Å². The number of fused-ring (bicyclic) bond motifs is 2. The quantitative estimate of drug-likeness (QED) is 0.602. The van der Waals surface area contributed by atoms with E-state index >= 15 is 0 Å². The summed E-state index contributed by atoms with van der Waals surface area (Å²) in [5.41, 5.74) is 3.63. The van der Waals surface area contributed by atoms with Crippen molar-refractivity contribution in [2.24, 2.45) is 0 Å². The Balaban J connectivity index is 1.90. The predicted molar refractivity (Wildman–Crippen MR) is 119 cm³/mol. The summed E-state index contributed by atoms with van der Waals surface area (Å²) in [4.78, 5) is 30.7. The molecule has 0 bridgehead atoms. The molecule has 1 aliphatic rings. The lowest BCUT2D eigenvalue weighted by Crippen LogP contribution is -2.32. The maximum Gasteiger partial charge on any atom is 0.290 e. The second-order valence-corrected chi connectivity index (χ2v) is 8.65. The van der Waals surface area contributed by atoms with Crippen LogP contribution in [0.5, 0.6) is 0 Å². The van der Waals surface area contributed by atoms with Crippen molar-refractivity contribution in [3.8, 4) is 0 Å². The van der Waals surface area contributed by atoms with E-state index in [1.165, 1.54) is 0 Å². The average Bonchev–Trinajstić information content (AvgIpc) is 2.97. The first-order valence-electron chi connectivity index (χ1n) is 10.1. The minimum atomic E-state index is -0.478. The van der Waals surface area contributed by atoms with Gasteiger partial charge in [-0.25, -0.2) is 0 Å². The van der Waals surface area contributed by atoms with E-state index in [1.54, 1.807) is 17.0 Å². The average molecular weight is 425 g/mol. The molecule has 1 atom stereocenters. The molecule has 6 heteroatoms. The number of rotatable bonds is 5. The van der Waals surface area contributed by atoms with Gasteiger partial charge in [0.1, 0.15) is 5.58 Å². The van der Waals surface area contributed by atoms with Crippen molar-refractivity contribution >= 4 is 28.5 Å². The molecule has 0 saturated heterocycles. The number of carbonyl (C=O) groups excluding carboxylic acids is 1. The van der Waals surface area contributed by atoms with Crippen LogP contribution in [0.1, 0.15) is 45.3 Å². The first-order chi connectivity index (χ1) is 14.3. The van der Waals surface area contributed by atoms with Gasteiger partial charge in [-0.1, -0.05) is 23.7 Å². The van der Waals surface area contributed by atoms with E-state index in [2.05, 4.69) is 4.90 Å². The van der Waals surface area contributed by atoms with Crippen molar-refractivity contribution in [2.45, 2.75) is 26.3 Å². The Morgan fingerprint density at radius 3 is 2.40 bits per heavy atom. The molecule has 0 spiro atoms. The minimum absolute atomic E-state index is 0.141. The van der Waals surface area contributed by atoms with Crippen molar-refractivity contribution in [1.29, 1.82) is 0 Å². The molecule has 1 aliphatic heterocycles. The summed E-state index contributed by atoms with van der Waals surface area (Å²) >= 11 is 6.08. The summed E-state index contributed by atoms with van der Waals surface area (Å²) in [7, 11) is 4.00. The molecule has 5 nitrogen and oxygen atoms in total. The number of amides is 1. The van der Waals surface area contributed by atoms with E-state index in [-0.39, 0.29) is 17.1 Å². The van der Waals surface area contributed by atoms with E-state index in [4.69, 9.17) is 16.0 Å². The number of benzene rings is 2. The highest BCUT2D eigenvalue weighted by Gasteiger charge is 2.42. The first-order valence-corrected chi connectivity index (χ1v) is 10.4. The molecule has 1 amide bonds. The van der Waals surface area contributed by atoms with E-state index in [0.29, 0.717) is 28.1 Å². The molecule has 1 aromatic heterocycles. The van der Waals surface area contributed by atoms with Gasteiger partial charge in [0.2, 0.25) is 5.76 Å². The van der Waals surface area contributed by atoms with Crippen molar-refractivity contribution in [2.75, 3.05) is 27.2 Å². The molecule has 0 radical (unpaired) electrons. The molecule has 0 N–H and O–H groups in total. The zero-order valence-corrected chi connectivity index (χ0v) is 18.4. The first kappa shape index (κ1) is 20.6. The van der Waals surface area contributed by atoms with Crippen LogP contribution < -0.4 is 5.43 Å². The van der Waals surface area contributed by atoms with Crippen LogP contribution in [0.3, 0.4) is 0 Å². The van der Waals surface area contributed by atoms with E-state index in [1.807, 2.05) is 52.2 Å². The second kappa shape index (κ2) is 7.89. The zero-order chi connectivity index (χ0) is 21.6. The van der Waals surface area contributed by atoms with Crippen molar-refractivity contribution in [1.82, 2.24) is 9.80 Å². The lowest BCUT2D eigenvalue weighted by Gasteiger charge is -2.25. The fourth-order valence-electron chi connectivity index (χ4n) is 4.06. The zero-order valence-electron chi connectivity index (χ0n) is 17.7. The predicted octanol–water partition coefficient (Wildman–Crippen LogP) is 4.56. The maximum absolute atomic E-state index is 13.5. The third kappa shape index (κ3) is 3.53. The van der Waals surface area contributed by atoms with Gasteiger partial charge in [0.05, 0.1) is 17.0 Å². The van der Waals surface area contributed by atoms with Gasteiger partial charge in [0, 0.05) is 11.6 Å². The monoisotopic (exact) mass is 424 g/mol. The molecule has 30 heavy (non-hydrogen) atoms. The van der Waals surface area contributed by atoms with Crippen LogP contribution in [0.2, 0.25) is 5.02 Å². The fraction of sp³-hybridized carbons (Fsp3) is 0.333. The highest BCUT2D eigenvalue weighted by molar-refractivity contribution is 6.30. The lowest BCUT2D eigenvalue weighted by atomic mass is 9.97. The van der Waals surface area contributed by atoms with Crippen LogP contribution in [-0.4, -0.2) is 42.9 Å². The summed E-state index contributed by atoms with van der Waals surface area (Å²) < 4.78 is 6.04. The molecule has 2 heterocycles. The molecular weight excluding hydrogens is 400 g/mol. The fourth-order valence-corrected chi connectivity index (χ4v) is 4.18. The highest BCUT2D eigenvalue weighted by Crippen LogP contribution is 2.38. The Hall–Kier alpha value is -2.63. The van der Waals surface area contributed by atoms with Gasteiger partial charge in [0.15, 0.2) is 5.43 Å². The Labute approximate surface area is 180 Å². The molecule has 0 saturated carbocycles. The highest BCUT2D eigenvalue weighted by atomic mass is 35.5. The van der Waals surface area contributed by atoms with Crippen LogP contribution in [0.25, 0.3) is 11.0 Å². The third-order valence-electron chi connectivity index (χ3n) is 5.77. The smallest absolute Gasteiger partial charge is 0.290 e. The van der Waals surface area contributed by atoms with Crippen LogP contribution in [0, 0.1) is 13.8 Å². The van der Waals surface area contributed by atoms with Gasteiger partial charge in [-0.3, -0.25) is 9.59 Å². The van der Waals surface area contributed by atoms with Gasteiger partial charge in [-0.15, -0.1) is 0 Å². The van der Waals surface area contributed by atoms with Crippen LogP contribution in [0.4, 0.5) is 0 Å². The molecule has 4 rings (SSSR count). The number of hydrogen-bond donors (Lipinski definition) is 0. The second-order valence-electron chi connectivity index (χ2n) is 8.22. The summed E-state index contributed by atoms with van der Waals surface area (Å²) in [6, 6.07) is 10.5. The van der Waals surface area contributed by atoms with Crippen LogP contribution in [0.15, 0.2) is 45.6 Å². The van der Waals surface area contributed by atoms with E-state index in [9.17, 15) is 9.59 Å². The number of aryl methyl sites for hydroxylation is 2. The van der Waals surface area contributed by atoms with E-state index in [0.717, 1.165) is 29.7 Å². The normalized spacial score (nSPS) is 16.0. The van der Waals surface area contributed by atoms with E-state index < -0.39 is 6.04 Å². The number of carbonyl (C=O) groups is 1. The van der Waals surface area contributed by atoms with Crippen LogP contribution >= 0.6 is 11.6 Å². The number of hydrogen-bond acceptors (Lipinski definition) is 4. The van der Waals surface area contributed by atoms with Gasteiger partial charge >= 0.3 is 0 Å². The van der Waals surface area contributed by atoms with Crippen LogP contribution in [-0.2, 0) is 0 Å². The summed E-state index contributed by atoms with van der Waals surface area (Å²) in [5.74, 6) is -0.0820. The maximum atomic E-state index is 13.5. The Morgan fingerprint density at radius 1 is 1.07 bits per heavy atom. The Kier molecular flexibility index (Phi) is 5.43. The van der Waals surface area contributed by atoms with Crippen molar-refractivity contribution in [3.63, 3.8) is 0 Å². The SMILES string of the molecule is Cc1cc2oc3c(c(=O)c2cc1C)C(c1ccc(Cl)cc1)N(CCCN(C)C)C3=O. The number of halogens is 1. The molecule has 156 valence electrons. The van der Waals surface area contributed by atoms with Gasteiger partial charge < -0.3 is 14.2 Å². The Morgan fingerprint density at radius 2 is 1.73 bits per heavy atom. The molecule has 3 aromatic rings. The topological polar surface area (TPSA) is 53.8 Å². The summed E-state index contributed by atoms with van der Waals surface area (Å²) in [5, 5.41) is 1.12. The van der Waals surface area contributed by atoms with Crippen molar-refractivity contribution < 1.29 is 9.21 Å².